The van der Waals surface area contributed by atoms with Gasteiger partial charge in [-0.25, -0.2) is 4.98 Å². The number of pyridine rings is 2. The summed E-state index contributed by atoms with van der Waals surface area (Å²) in [5.41, 5.74) is 15.6. The Morgan fingerprint density at radius 2 is 1.24 bits per heavy atom. The van der Waals surface area contributed by atoms with Gasteiger partial charge >= 0.3 is 0 Å². The molecule has 0 aliphatic rings. The van der Waals surface area contributed by atoms with Crippen molar-refractivity contribution in [3.8, 4) is 17.2 Å². The zero-order valence-corrected chi connectivity index (χ0v) is 21.8. The summed E-state index contributed by atoms with van der Waals surface area (Å²) in [5.74, 6) is 3.12. The van der Waals surface area contributed by atoms with Crippen molar-refractivity contribution in [2.24, 2.45) is 0 Å². The summed E-state index contributed by atoms with van der Waals surface area (Å²) in [6, 6.07) is 16.0. The Bertz CT molecular complexity index is 1530. The van der Waals surface area contributed by atoms with Crippen molar-refractivity contribution in [3.63, 3.8) is 0 Å². The van der Waals surface area contributed by atoms with Gasteiger partial charge in [-0.1, -0.05) is 39.8 Å². The maximum Gasteiger partial charge on any atom is 0.222 e. The van der Waals surface area contributed by atoms with Crippen LogP contribution in [0.4, 0.5) is 11.8 Å². The third-order valence-corrected chi connectivity index (χ3v) is 5.95. The number of anilines is 2. The lowest BCUT2D eigenvalue weighted by Gasteiger charge is -2.15. The first-order chi connectivity index (χ1) is 17.8. The first-order valence-corrected chi connectivity index (χ1v) is 12.1. The zero-order chi connectivity index (χ0) is 26.5. The lowest BCUT2D eigenvalue weighted by atomic mass is 10.00. The largest absolute Gasteiger partial charge is 0.496 e. The minimum absolute atomic E-state index is 0.122. The number of benzene rings is 2. The molecule has 0 fully saturated rings. The summed E-state index contributed by atoms with van der Waals surface area (Å²) in [6.45, 7) is 8.51. The highest BCUT2D eigenvalue weighted by molar-refractivity contribution is 5.82. The molecular formula is C29H32N6O2. The third kappa shape index (κ3) is 5.86. The SMILES string of the molecule is CC(C)c1cc2ncccc2cc1Oc1cnc(N)nc1N.COc1cc2cccnc2cc1C(C)C. The van der Waals surface area contributed by atoms with Crippen molar-refractivity contribution >= 4 is 33.6 Å². The van der Waals surface area contributed by atoms with Crippen LogP contribution < -0.4 is 20.9 Å². The quantitative estimate of drug-likeness (QED) is 0.284. The van der Waals surface area contributed by atoms with E-state index >= 15 is 0 Å². The molecule has 190 valence electrons. The van der Waals surface area contributed by atoms with Crippen molar-refractivity contribution < 1.29 is 9.47 Å². The maximum absolute atomic E-state index is 5.93. The van der Waals surface area contributed by atoms with Crippen LogP contribution in [0.5, 0.6) is 17.2 Å². The van der Waals surface area contributed by atoms with Gasteiger partial charge in [-0.3, -0.25) is 9.97 Å². The van der Waals surface area contributed by atoms with E-state index in [1.54, 1.807) is 13.3 Å². The Hall–Kier alpha value is -4.46. The van der Waals surface area contributed by atoms with E-state index in [-0.39, 0.29) is 17.7 Å². The Morgan fingerprint density at radius 1 is 0.703 bits per heavy atom. The molecule has 0 atom stereocenters. The molecule has 5 rings (SSSR count). The van der Waals surface area contributed by atoms with Crippen molar-refractivity contribution in [1.29, 1.82) is 0 Å². The fraction of sp³-hybridized carbons (Fsp3) is 0.241. The lowest BCUT2D eigenvalue weighted by Crippen LogP contribution is -2.02. The van der Waals surface area contributed by atoms with Crippen molar-refractivity contribution in [2.45, 2.75) is 39.5 Å². The number of methoxy groups -OCH3 is 1. The van der Waals surface area contributed by atoms with Gasteiger partial charge in [0.2, 0.25) is 5.95 Å². The highest BCUT2D eigenvalue weighted by Gasteiger charge is 2.14. The molecular weight excluding hydrogens is 464 g/mol. The summed E-state index contributed by atoms with van der Waals surface area (Å²) in [4.78, 5) is 16.6. The molecule has 0 aliphatic carbocycles. The summed E-state index contributed by atoms with van der Waals surface area (Å²) in [5, 5.41) is 2.12. The van der Waals surface area contributed by atoms with Gasteiger partial charge in [-0.05, 0) is 59.4 Å². The molecule has 0 bridgehead atoms. The molecule has 0 aliphatic heterocycles. The molecule has 0 spiro atoms. The van der Waals surface area contributed by atoms with E-state index in [4.69, 9.17) is 20.9 Å². The van der Waals surface area contributed by atoms with Crippen LogP contribution in [0, 0.1) is 0 Å². The molecule has 2 aromatic carbocycles. The summed E-state index contributed by atoms with van der Waals surface area (Å²) in [6.07, 6.45) is 5.08. The van der Waals surface area contributed by atoms with E-state index < -0.39 is 0 Å². The van der Waals surface area contributed by atoms with E-state index in [1.807, 2.05) is 36.5 Å². The first-order valence-electron chi connectivity index (χ1n) is 12.1. The smallest absolute Gasteiger partial charge is 0.222 e. The fourth-order valence-corrected chi connectivity index (χ4v) is 3.99. The van der Waals surface area contributed by atoms with E-state index in [0.717, 1.165) is 38.9 Å². The molecule has 3 aromatic heterocycles. The van der Waals surface area contributed by atoms with Gasteiger partial charge in [0.25, 0.3) is 0 Å². The van der Waals surface area contributed by atoms with Gasteiger partial charge in [-0.15, -0.1) is 0 Å². The van der Waals surface area contributed by atoms with Crippen molar-refractivity contribution in [2.75, 3.05) is 18.6 Å². The van der Waals surface area contributed by atoms with Crippen LogP contribution in [0.15, 0.2) is 67.1 Å². The standard InChI is InChI=1S/C16H17N5O.C13H15NO/c1-9(2)11-7-12-10(4-3-5-19-12)6-13(11)22-14-8-20-16(18)21-15(14)17;1-9(2)11-8-12-10(5-4-6-14-12)7-13(11)15-3/h3-9H,1-2H3,(H4,17,18,20,21);4-9H,1-3H3. The minimum atomic E-state index is 0.122. The van der Waals surface area contributed by atoms with Gasteiger partial charge in [0.1, 0.15) is 11.5 Å². The number of hydrogen-bond donors (Lipinski definition) is 2. The van der Waals surface area contributed by atoms with Gasteiger partial charge in [0.15, 0.2) is 11.6 Å². The number of rotatable bonds is 5. The number of hydrogen-bond acceptors (Lipinski definition) is 8. The number of ether oxygens (including phenoxy) is 2. The van der Waals surface area contributed by atoms with Gasteiger partial charge in [0, 0.05) is 23.2 Å². The topological polar surface area (TPSA) is 122 Å². The van der Waals surface area contributed by atoms with Gasteiger partial charge < -0.3 is 20.9 Å². The molecule has 5 aromatic rings. The van der Waals surface area contributed by atoms with Crippen molar-refractivity contribution in [3.05, 3.63) is 78.2 Å². The maximum atomic E-state index is 5.93. The molecule has 3 heterocycles. The molecule has 0 unspecified atom stereocenters. The highest BCUT2D eigenvalue weighted by atomic mass is 16.5. The highest BCUT2D eigenvalue weighted by Crippen LogP contribution is 2.35. The predicted molar refractivity (Wildman–Crippen MR) is 149 cm³/mol. The third-order valence-electron chi connectivity index (χ3n) is 5.95. The Kier molecular flexibility index (Phi) is 7.67. The zero-order valence-electron chi connectivity index (χ0n) is 21.8. The fourth-order valence-electron chi connectivity index (χ4n) is 3.99. The summed E-state index contributed by atoms with van der Waals surface area (Å²) < 4.78 is 11.3. The van der Waals surface area contributed by atoms with Crippen LogP contribution in [-0.2, 0) is 0 Å². The average Bonchev–Trinajstić information content (AvgIpc) is 2.89. The normalized spacial score (nSPS) is 11.0. The van der Waals surface area contributed by atoms with Crippen LogP contribution in [0.25, 0.3) is 21.8 Å². The van der Waals surface area contributed by atoms with E-state index in [9.17, 15) is 0 Å². The number of nitrogens with two attached hydrogens (primary N) is 2. The Balaban J connectivity index is 0.000000186. The van der Waals surface area contributed by atoms with Crippen LogP contribution in [-0.4, -0.2) is 27.0 Å². The van der Waals surface area contributed by atoms with E-state index in [2.05, 4.69) is 65.8 Å². The molecule has 0 amide bonds. The predicted octanol–water partition coefficient (Wildman–Crippen LogP) is 6.47. The molecule has 0 radical (unpaired) electrons. The van der Waals surface area contributed by atoms with Gasteiger partial charge in [0.05, 0.1) is 24.3 Å². The summed E-state index contributed by atoms with van der Waals surface area (Å²) >= 11 is 0. The molecule has 8 heteroatoms. The average molecular weight is 497 g/mol. The Morgan fingerprint density at radius 3 is 1.76 bits per heavy atom. The van der Waals surface area contributed by atoms with Crippen LogP contribution >= 0.6 is 0 Å². The van der Waals surface area contributed by atoms with Crippen molar-refractivity contribution in [1.82, 2.24) is 19.9 Å². The minimum Gasteiger partial charge on any atom is -0.496 e. The Labute approximate surface area is 216 Å². The van der Waals surface area contributed by atoms with Crippen LogP contribution in [0.3, 0.4) is 0 Å². The molecule has 8 nitrogen and oxygen atoms in total. The molecule has 4 N–H and O–H groups in total. The number of nitrogen functional groups attached to an aromatic ring is 2. The monoisotopic (exact) mass is 496 g/mol. The summed E-state index contributed by atoms with van der Waals surface area (Å²) in [7, 11) is 1.71. The second kappa shape index (κ2) is 11.1. The number of nitrogens with zero attached hydrogens (tertiary/aromatic N) is 4. The molecule has 0 saturated heterocycles. The second-order valence-electron chi connectivity index (χ2n) is 9.27. The van der Waals surface area contributed by atoms with E-state index in [0.29, 0.717) is 11.7 Å². The van der Waals surface area contributed by atoms with Crippen LogP contribution in [0.2, 0.25) is 0 Å². The molecule has 0 saturated carbocycles. The molecule has 37 heavy (non-hydrogen) atoms. The van der Waals surface area contributed by atoms with E-state index in [1.165, 1.54) is 11.8 Å². The van der Waals surface area contributed by atoms with Crippen LogP contribution in [0.1, 0.15) is 50.7 Å². The lowest BCUT2D eigenvalue weighted by molar-refractivity contribution is 0.408. The van der Waals surface area contributed by atoms with Gasteiger partial charge in [-0.2, -0.15) is 4.98 Å². The number of aromatic nitrogens is 4. The number of fused-ring (bicyclic) bond motifs is 2. The second-order valence-corrected chi connectivity index (χ2v) is 9.27. The first kappa shape index (κ1) is 25.6.